The molecule has 1 saturated heterocycles. The molecule has 2 N–H and O–H groups in total. The van der Waals surface area contributed by atoms with Gasteiger partial charge in [-0.1, -0.05) is 18.2 Å². The summed E-state index contributed by atoms with van der Waals surface area (Å²) in [6, 6.07) is 12.1. The van der Waals surface area contributed by atoms with Crippen LogP contribution < -0.4 is 15.5 Å². The van der Waals surface area contributed by atoms with Crippen molar-refractivity contribution in [1.29, 1.82) is 0 Å². The molecular weight excluding hydrogens is 433 g/mol. The summed E-state index contributed by atoms with van der Waals surface area (Å²) in [6.07, 6.45) is 6.37. The fourth-order valence-corrected chi connectivity index (χ4v) is 4.39. The van der Waals surface area contributed by atoms with Gasteiger partial charge in [-0.2, -0.15) is 5.10 Å². The van der Waals surface area contributed by atoms with Crippen LogP contribution in [0.2, 0.25) is 0 Å². The number of carbonyl (C=O) groups is 1. The van der Waals surface area contributed by atoms with Crippen LogP contribution in [0.25, 0.3) is 10.8 Å². The van der Waals surface area contributed by atoms with Crippen molar-refractivity contribution >= 4 is 34.1 Å². The van der Waals surface area contributed by atoms with Crippen molar-refractivity contribution in [2.45, 2.75) is 25.8 Å². The van der Waals surface area contributed by atoms with Gasteiger partial charge in [-0.15, -0.1) is 5.10 Å². The average molecular weight is 458 g/mol. The van der Waals surface area contributed by atoms with E-state index in [1.807, 2.05) is 31.2 Å². The lowest BCUT2D eigenvalue weighted by Crippen LogP contribution is -2.49. The molecule has 2 aromatic carbocycles. The van der Waals surface area contributed by atoms with Crippen molar-refractivity contribution in [3.63, 3.8) is 0 Å². The van der Waals surface area contributed by atoms with Gasteiger partial charge in [0, 0.05) is 23.8 Å². The number of aromatic nitrogens is 4. The molecule has 0 bridgehead atoms. The lowest BCUT2D eigenvalue weighted by molar-refractivity contribution is 0.0968. The Bertz CT molecular complexity index is 1320. The Hall–Kier alpha value is -3.98. The first-order valence-electron chi connectivity index (χ1n) is 11.2. The molecule has 1 amide bonds. The lowest BCUT2D eigenvalue weighted by Gasteiger charge is -2.35. The zero-order valence-corrected chi connectivity index (χ0v) is 18.7. The quantitative estimate of drug-likeness (QED) is 0.467. The second-order valence-corrected chi connectivity index (χ2v) is 8.27. The van der Waals surface area contributed by atoms with E-state index in [1.54, 1.807) is 17.2 Å². The van der Waals surface area contributed by atoms with E-state index < -0.39 is 11.7 Å². The summed E-state index contributed by atoms with van der Waals surface area (Å²) in [5.41, 5.74) is 1.42. The minimum absolute atomic E-state index is 0.0179. The van der Waals surface area contributed by atoms with Crippen LogP contribution in [0.5, 0.6) is 0 Å². The number of nitrogens with one attached hydrogen (secondary N) is 2. The van der Waals surface area contributed by atoms with Gasteiger partial charge in [0.15, 0.2) is 0 Å². The third-order valence-corrected chi connectivity index (χ3v) is 6.00. The SMILES string of the molecule is Cc1cccc2ccnc(N(C(=O)c3ccc(Nc4nccnn4)cc3F)[C@@H]3CCCNC3)c12. The molecule has 34 heavy (non-hydrogen) atoms. The monoisotopic (exact) mass is 457 g/mol. The van der Waals surface area contributed by atoms with E-state index in [9.17, 15) is 4.79 Å². The van der Waals surface area contributed by atoms with Gasteiger partial charge in [0.1, 0.15) is 11.6 Å². The van der Waals surface area contributed by atoms with Gasteiger partial charge >= 0.3 is 0 Å². The first-order valence-corrected chi connectivity index (χ1v) is 11.2. The van der Waals surface area contributed by atoms with Crippen molar-refractivity contribution < 1.29 is 9.18 Å². The van der Waals surface area contributed by atoms with Gasteiger partial charge in [0.05, 0.1) is 24.0 Å². The van der Waals surface area contributed by atoms with E-state index in [2.05, 4.69) is 30.8 Å². The number of benzene rings is 2. The van der Waals surface area contributed by atoms with Crippen LogP contribution in [0, 0.1) is 12.7 Å². The molecule has 2 aromatic heterocycles. The highest BCUT2D eigenvalue weighted by Crippen LogP contribution is 2.32. The number of hydrogen-bond acceptors (Lipinski definition) is 7. The second kappa shape index (κ2) is 9.48. The number of anilines is 3. The van der Waals surface area contributed by atoms with Crippen molar-refractivity contribution in [2.75, 3.05) is 23.3 Å². The molecule has 5 rings (SSSR count). The summed E-state index contributed by atoms with van der Waals surface area (Å²) in [7, 11) is 0. The molecule has 1 aliphatic rings. The molecule has 1 aliphatic heterocycles. The molecule has 4 aromatic rings. The maximum absolute atomic E-state index is 15.3. The van der Waals surface area contributed by atoms with E-state index >= 15 is 4.39 Å². The third-order valence-electron chi connectivity index (χ3n) is 6.00. The van der Waals surface area contributed by atoms with E-state index in [1.165, 1.54) is 24.5 Å². The van der Waals surface area contributed by atoms with Crippen LogP contribution in [0.4, 0.5) is 21.8 Å². The van der Waals surface area contributed by atoms with Gasteiger partial charge in [-0.3, -0.25) is 9.69 Å². The molecule has 172 valence electrons. The van der Waals surface area contributed by atoms with Gasteiger partial charge in [0.25, 0.3) is 5.91 Å². The molecule has 3 heterocycles. The van der Waals surface area contributed by atoms with E-state index in [0.29, 0.717) is 18.1 Å². The maximum Gasteiger partial charge on any atom is 0.262 e. The normalized spacial score (nSPS) is 15.8. The number of fused-ring (bicyclic) bond motifs is 1. The average Bonchev–Trinajstić information content (AvgIpc) is 2.86. The molecule has 1 fully saturated rings. The van der Waals surface area contributed by atoms with E-state index in [0.717, 1.165) is 35.7 Å². The van der Waals surface area contributed by atoms with Crippen molar-refractivity contribution in [1.82, 2.24) is 25.5 Å². The van der Waals surface area contributed by atoms with Crippen molar-refractivity contribution in [3.8, 4) is 0 Å². The van der Waals surface area contributed by atoms with Gasteiger partial charge in [-0.05, 0) is 61.5 Å². The first kappa shape index (κ1) is 21.8. The molecule has 8 nitrogen and oxygen atoms in total. The van der Waals surface area contributed by atoms with Gasteiger partial charge < -0.3 is 10.6 Å². The number of hydrogen-bond donors (Lipinski definition) is 2. The summed E-state index contributed by atoms with van der Waals surface area (Å²) in [4.78, 5) is 24.2. The molecule has 0 saturated carbocycles. The number of amides is 1. The first-order chi connectivity index (χ1) is 16.6. The fraction of sp³-hybridized carbons (Fsp3) is 0.240. The van der Waals surface area contributed by atoms with E-state index in [4.69, 9.17) is 0 Å². The highest BCUT2D eigenvalue weighted by molar-refractivity contribution is 6.11. The molecule has 0 aliphatic carbocycles. The van der Waals surface area contributed by atoms with E-state index in [-0.39, 0.29) is 17.6 Å². The topological polar surface area (TPSA) is 95.9 Å². The molecular formula is C25H24FN7O. The van der Waals surface area contributed by atoms with Gasteiger partial charge in [0.2, 0.25) is 5.95 Å². The lowest BCUT2D eigenvalue weighted by atomic mass is 10.0. The minimum Gasteiger partial charge on any atom is -0.323 e. The Labute approximate surface area is 196 Å². The third kappa shape index (κ3) is 4.29. The highest BCUT2D eigenvalue weighted by atomic mass is 19.1. The van der Waals surface area contributed by atoms with Gasteiger partial charge in [-0.25, -0.2) is 14.4 Å². The minimum atomic E-state index is -0.635. The van der Waals surface area contributed by atoms with Crippen molar-refractivity contribution in [3.05, 3.63) is 78.0 Å². The Morgan fingerprint density at radius 1 is 1.15 bits per heavy atom. The number of piperidine rings is 1. The van der Waals surface area contributed by atoms with Crippen LogP contribution in [0.1, 0.15) is 28.8 Å². The van der Waals surface area contributed by atoms with Crippen molar-refractivity contribution in [2.24, 2.45) is 0 Å². The largest absolute Gasteiger partial charge is 0.323 e. The Morgan fingerprint density at radius 3 is 2.82 bits per heavy atom. The maximum atomic E-state index is 15.3. The van der Waals surface area contributed by atoms with Crippen LogP contribution in [-0.2, 0) is 0 Å². The van der Waals surface area contributed by atoms with Crippen LogP contribution in [0.15, 0.2) is 61.1 Å². The number of aryl methyl sites for hydroxylation is 1. The fourth-order valence-electron chi connectivity index (χ4n) is 4.39. The predicted octanol–water partition coefficient (Wildman–Crippen LogP) is 4.01. The molecule has 1 atom stereocenters. The number of carbonyl (C=O) groups excluding carboxylic acids is 1. The number of pyridine rings is 1. The van der Waals surface area contributed by atoms with Crippen LogP contribution in [-0.4, -0.2) is 45.2 Å². The summed E-state index contributed by atoms with van der Waals surface area (Å²) >= 11 is 0. The Balaban J connectivity index is 1.55. The van der Waals surface area contributed by atoms with Crippen LogP contribution >= 0.6 is 0 Å². The summed E-state index contributed by atoms with van der Waals surface area (Å²) < 4.78 is 15.3. The smallest absolute Gasteiger partial charge is 0.262 e. The zero-order chi connectivity index (χ0) is 23.5. The summed E-state index contributed by atoms with van der Waals surface area (Å²) in [6.45, 7) is 3.51. The highest BCUT2D eigenvalue weighted by Gasteiger charge is 2.31. The molecule has 0 unspecified atom stereocenters. The molecule has 9 heteroatoms. The predicted molar refractivity (Wildman–Crippen MR) is 129 cm³/mol. The Kier molecular flexibility index (Phi) is 6.09. The Morgan fingerprint density at radius 2 is 2.06 bits per heavy atom. The second-order valence-electron chi connectivity index (χ2n) is 8.27. The summed E-state index contributed by atoms with van der Waals surface area (Å²) in [5.74, 6) is -0.255. The number of rotatable bonds is 5. The molecule has 0 spiro atoms. The molecule has 0 radical (unpaired) electrons. The zero-order valence-electron chi connectivity index (χ0n) is 18.7. The number of halogens is 1. The number of nitrogens with zero attached hydrogens (tertiary/aromatic N) is 5. The summed E-state index contributed by atoms with van der Waals surface area (Å²) in [5, 5.41) is 15.7. The standard InChI is InChI=1S/C25H24FN7O/c1-16-4-2-5-17-9-11-28-23(22(16)17)33(19-6-3-10-27-15-19)24(34)20-8-7-18(14-21(20)26)31-25-29-12-13-30-32-25/h2,4-5,7-9,11-14,19,27H,3,6,10,15H2,1H3,(H,29,31,32)/t19-/m1/s1. The van der Waals surface area contributed by atoms with Crippen LogP contribution in [0.3, 0.4) is 0 Å².